The Morgan fingerprint density at radius 1 is 1.44 bits per heavy atom. The third-order valence-electron chi connectivity index (χ3n) is 4.44. The number of nitrogens with one attached hydrogen (secondary N) is 1. The first-order valence-corrected chi connectivity index (χ1v) is 9.19. The van der Waals surface area contributed by atoms with Gasteiger partial charge in [0, 0.05) is 6.54 Å². The summed E-state index contributed by atoms with van der Waals surface area (Å²) in [5, 5.41) is 6.02. The summed E-state index contributed by atoms with van der Waals surface area (Å²) in [7, 11) is 0. The Hall–Kier alpha value is -2.48. The summed E-state index contributed by atoms with van der Waals surface area (Å²) in [6.07, 6.45) is 4.99. The third kappa shape index (κ3) is 2.97. The van der Waals surface area contributed by atoms with Crippen molar-refractivity contribution in [3.05, 3.63) is 35.6 Å². The van der Waals surface area contributed by atoms with Crippen molar-refractivity contribution in [2.45, 2.75) is 38.8 Å². The van der Waals surface area contributed by atoms with Crippen LogP contribution < -0.4 is 10.2 Å². The molecule has 1 saturated heterocycles. The zero-order valence-electron chi connectivity index (χ0n) is 14.1. The molecule has 4 rings (SSSR count). The van der Waals surface area contributed by atoms with Gasteiger partial charge in [-0.3, -0.25) is 4.79 Å². The maximum absolute atomic E-state index is 12.8. The summed E-state index contributed by atoms with van der Waals surface area (Å²) in [5.74, 6) is 2.07. The number of anilines is 1. The zero-order chi connectivity index (χ0) is 17.4. The summed E-state index contributed by atoms with van der Waals surface area (Å²) in [4.78, 5) is 28.8. The molecule has 0 spiro atoms. The highest BCUT2D eigenvalue weighted by Gasteiger charge is 2.33. The predicted molar refractivity (Wildman–Crippen MR) is 95.6 cm³/mol. The average Bonchev–Trinajstić information content (AvgIpc) is 3.34. The molecule has 1 amide bonds. The van der Waals surface area contributed by atoms with Gasteiger partial charge in [0.25, 0.3) is 0 Å². The number of aryl methyl sites for hydroxylation is 1. The van der Waals surface area contributed by atoms with Gasteiger partial charge in [-0.1, -0.05) is 0 Å². The van der Waals surface area contributed by atoms with E-state index in [9.17, 15) is 4.79 Å². The smallest absolute Gasteiger partial charge is 0.243 e. The van der Waals surface area contributed by atoms with E-state index in [0.29, 0.717) is 5.89 Å². The van der Waals surface area contributed by atoms with E-state index < -0.39 is 0 Å². The zero-order valence-corrected chi connectivity index (χ0v) is 14.9. The molecular weight excluding hydrogens is 338 g/mol. The molecule has 1 aliphatic heterocycles. The van der Waals surface area contributed by atoms with Crippen molar-refractivity contribution >= 4 is 33.3 Å². The monoisotopic (exact) mass is 357 g/mol. The van der Waals surface area contributed by atoms with Crippen LogP contribution in [0.5, 0.6) is 0 Å². The minimum absolute atomic E-state index is 0.0251. The van der Waals surface area contributed by atoms with Gasteiger partial charge in [-0.25, -0.2) is 15.0 Å². The van der Waals surface area contributed by atoms with Crippen molar-refractivity contribution in [3.8, 4) is 0 Å². The Morgan fingerprint density at radius 2 is 2.32 bits per heavy atom. The number of hydrogen-bond donors (Lipinski definition) is 1. The normalized spacial score (nSPS) is 18.6. The van der Waals surface area contributed by atoms with Gasteiger partial charge >= 0.3 is 0 Å². The Kier molecular flexibility index (Phi) is 4.12. The van der Waals surface area contributed by atoms with Crippen molar-refractivity contribution in [2.75, 3.05) is 11.4 Å². The molecule has 25 heavy (non-hydrogen) atoms. The van der Waals surface area contributed by atoms with E-state index in [1.165, 1.54) is 0 Å². The number of nitrogens with zero attached hydrogens (tertiary/aromatic N) is 4. The molecule has 130 valence electrons. The number of amides is 1. The molecule has 2 atom stereocenters. The number of carbonyl (C=O) groups excluding carboxylic acids is 1. The average molecular weight is 357 g/mol. The fraction of sp³-hybridized carbons (Fsp3) is 0.412. The summed E-state index contributed by atoms with van der Waals surface area (Å²) >= 11 is 1.58. The summed E-state index contributed by atoms with van der Waals surface area (Å²) < 4.78 is 5.51. The molecule has 0 aliphatic carbocycles. The van der Waals surface area contributed by atoms with Gasteiger partial charge in [-0.2, -0.15) is 0 Å². The molecule has 1 fully saturated rings. The number of fused-ring (bicyclic) bond motifs is 1. The van der Waals surface area contributed by atoms with E-state index in [0.717, 1.165) is 41.2 Å². The lowest BCUT2D eigenvalue weighted by Crippen LogP contribution is -2.44. The lowest BCUT2D eigenvalue weighted by Gasteiger charge is -2.26. The van der Waals surface area contributed by atoms with Crippen LogP contribution in [0.4, 0.5) is 5.82 Å². The molecule has 2 unspecified atom stereocenters. The van der Waals surface area contributed by atoms with Crippen molar-refractivity contribution in [2.24, 2.45) is 0 Å². The van der Waals surface area contributed by atoms with Crippen LogP contribution in [0, 0.1) is 6.92 Å². The second-order valence-electron chi connectivity index (χ2n) is 6.23. The van der Waals surface area contributed by atoms with Gasteiger partial charge in [-0.05, 0) is 38.1 Å². The topological polar surface area (TPSA) is 84.2 Å². The first-order chi connectivity index (χ1) is 12.1. The van der Waals surface area contributed by atoms with Gasteiger partial charge in [0.15, 0.2) is 0 Å². The van der Waals surface area contributed by atoms with E-state index in [1.807, 2.05) is 25.3 Å². The van der Waals surface area contributed by atoms with Crippen LogP contribution in [0.2, 0.25) is 0 Å². The fourth-order valence-electron chi connectivity index (χ4n) is 3.24. The number of carbonyl (C=O) groups is 1. The third-order valence-corrected chi connectivity index (χ3v) is 5.26. The van der Waals surface area contributed by atoms with E-state index in [4.69, 9.17) is 4.42 Å². The Morgan fingerprint density at radius 3 is 3.12 bits per heavy atom. The molecule has 3 aromatic rings. The van der Waals surface area contributed by atoms with Crippen molar-refractivity contribution in [3.63, 3.8) is 0 Å². The van der Waals surface area contributed by atoms with E-state index in [2.05, 4.69) is 25.2 Å². The molecule has 0 aromatic carbocycles. The number of thiophene rings is 1. The van der Waals surface area contributed by atoms with Crippen molar-refractivity contribution < 1.29 is 9.21 Å². The van der Waals surface area contributed by atoms with Gasteiger partial charge in [0.1, 0.15) is 34.8 Å². The molecule has 1 N–H and O–H groups in total. The van der Waals surface area contributed by atoms with Gasteiger partial charge in [-0.15, -0.1) is 11.3 Å². The first-order valence-electron chi connectivity index (χ1n) is 8.31. The van der Waals surface area contributed by atoms with Gasteiger partial charge < -0.3 is 14.6 Å². The van der Waals surface area contributed by atoms with Crippen molar-refractivity contribution in [1.82, 2.24) is 20.3 Å². The maximum atomic E-state index is 12.8. The van der Waals surface area contributed by atoms with E-state index in [1.54, 1.807) is 23.9 Å². The molecule has 3 aromatic heterocycles. The van der Waals surface area contributed by atoms with Crippen molar-refractivity contribution in [1.29, 1.82) is 0 Å². The number of oxazole rings is 1. The maximum Gasteiger partial charge on any atom is 0.243 e. The van der Waals surface area contributed by atoms with Gasteiger partial charge in [0.2, 0.25) is 11.8 Å². The number of hydrogen-bond acceptors (Lipinski definition) is 7. The molecule has 4 heterocycles. The standard InChI is InChI=1S/C17H19N5O2S/c1-10-8-18-16(24-10)11(2)21-15(23)13-4-3-6-22(13)14-12-5-7-25-17(12)20-9-19-14/h5,7-9,11,13H,3-4,6H2,1-2H3,(H,21,23). The van der Waals surface area contributed by atoms with Crippen LogP contribution in [0.15, 0.2) is 28.4 Å². The molecule has 0 bridgehead atoms. The van der Waals surface area contributed by atoms with Crippen LogP contribution in [-0.4, -0.2) is 33.4 Å². The lowest BCUT2D eigenvalue weighted by molar-refractivity contribution is -0.123. The van der Waals surface area contributed by atoms with E-state index >= 15 is 0 Å². The largest absolute Gasteiger partial charge is 0.444 e. The van der Waals surface area contributed by atoms with Crippen LogP contribution in [0.1, 0.15) is 37.5 Å². The highest BCUT2D eigenvalue weighted by Crippen LogP contribution is 2.32. The molecular formula is C17H19N5O2S. The molecule has 0 saturated carbocycles. The lowest BCUT2D eigenvalue weighted by atomic mass is 10.2. The van der Waals surface area contributed by atoms with Crippen LogP contribution in [-0.2, 0) is 4.79 Å². The number of rotatable bonds is 4. The van der Waals surface area contributed by atoms with Crippen LogP contribution in [0.3, 0.4) is 0 Å². The molecule has 7 nitrogen and oxygen atoms in total. The second-order valence-corrected chi connectivity index (χ2v) is 7.12. The minimum Gasteiger partial charge on any atom is -0.444 e. The van der Waals surface area contributed by atoms with Crippen LogP contribution in [0.25, 0.3) is 10.2 Å². The number of aromatic nitrogens is 3. The highest BCUT2D eigenvalue weighted by molar-refractivity contribution is 7.16. The first kappa shape index (κ1) is 16.0. The molecule has 8 heteroatoms. The fourth-order valence-corrected chi connectivity index (χ4v) is 3.97. The second kappa shape index (κ2) is 6.44. The highest BCUT2D eigenvalue weighted by atomic mass is 32.1. The van der Waals surface area contributed by atoms with Crippen LogP contribution >= 0.6 is 11.3 Å². The Balaban J connectivity index is 1.55. The molecule has 1 aliphatic rings. The quantitative estimate of drug-likeness (QED) is 0.773. The minimum atomic E-state index is -0.268. The van der Waals surface area contributed by atoms with Gasteiger partial charge in [0.05, 0.1) is 11.6 Å². The summed E-state index contributed by atoms with van der Waals surface area (Å²) in [6, 6.07) is 1.51. The Labute approximate surface area is 149 Å². The Bertz CT molecular complexity index is 905. The summed E-state index contributed by atoms with van der Waals surface area (Å²) in [5.41, 5.74) is 0. The SMILES string of the molecule is Cc1cnc(C(C)NC(=O)C2CCCN2c2ncnc3sccc23)o1. The molecule has 0 radical (unpaired) electrons. The van der Waals surface area contributed by atoms with E-state index in [-0.39, 0.29) is 18.0 Å². The predicted octanol–water partition coefficient (Wildman–Crippen LogP) is 2.83. The summed E-state index contributed by atoms with van der Waals surface area (Å²) in [6.45, 7) is 4.53.